The lowest BCUT2D eigenvalue weighted by Crippen LogP contribution is -2.06. The highest BCUT2D eigenvalue weighted by molar-refractivity contribution is 7.15. The summed E-state index contributed by atoms with van der Waals surface area (Å²) in [6, 6.07) is 9.99. The zero-order chi connectivity index (χ0) is 11.7. The maximum atomic E-state index is 9.88. The van der Waals surface area contributed by atoms with Crippen LogP contribution in [0.4, 0.5) is 10.8 Å². The van der Waals surface area contributed by atoms with Crippen LogP contribution < -0.4 is 5.32 Å². The molecule has 1 aliphatic rings. The van der Waals surface area contributed by atoms with Crippen molar-refractivity contribution in [2.24, 2.45) is 0 Å². The van der Waals surface area contributed by atoms with Gasteiger partial charge in [-0.05, 0) is 31.4 Å². The number of aryl methyl sites for hydroxylation is 1. The van der Waals surface area contributed by atoms with Crippen molar-refractivity contribution in [3.05, 3.63) is 40.9 Å². The zero-order valence-electron chi connectivity index (χ0n) is 9.39. The predicted molar refractivity (Wildman–Crippen MR) is 69.7 cm³/mol. The quantitative estimate of drug-likeness (QED) is 0.855. The SMILES string of the molecule is OC1CCCc2nc(Nc3ccccc3)sc21. The molecule has 0 spiro atoms. The van der Waals surface area contributed by atoms with Crippen molar-refractivity contribution >= 4 is 22.2 Å². The fourth-order valence-corrected chi connectivity index (χ4v) is 3.15. The first-order valence-electron chi connectivity index (χ1n) is 5.82. The molecule has 1 aromatic carbocycles. The van der Waals surface area contributed by atoms with Crippen molar-refractivity contribution in [1.29, 1.82) is 0 Å². The molecule has 2 N–H and O–H groups in total. The second kappa shape index (κ2) is 4.47. The Morgan fingerprint density at radius 3 is 2.88 bits per heavy atom. The van der Waals surface area contributed by atoms with Crippen LogP contribution in [-0.2, 0) is 6.42 Å². The summed E-state index contributed by atoms with van der Waals surface area (Å²) in [4.78, 5) is 5.58. The average molecular weight is 246 g/mol. The molecule has 3 nitrogen and oxygen atoms in total. The molecule has 0 bridgehead atoms. The van der Waals surface area contributed by atoms with E-state index in [1.54, 1.807) is 11.3 Å². The van der Waals surface area contributed by atoms with Gasteiger partial charge in [0.1, 0.15) is 0 Å². The number of fused-ring (bicyclic) bond motifs is 1. The van der Waals surface area contributed by atoms with Gasteiger partial charge in [-0.15, -0.1) is 0 Å². The van der Waals surface area contributed by atoms with Crippen LogP contribution in [0, 0.1) is 0 Å². The Hall–Kier alpha value is -1.39. The molecule has 17 heavy (non-hydrogen) atoms. The molecular weight excluding hydrogens is 232 g/mol. The molecule has 1 unspecified atom stereocenters. The summed E-state index contributed by atoms with van der Waals surface area (Å²) in [6.07, 6.45) is 2.56. The Morgan fingerprint density at radius 2 is 2.12 bits per heavy atom. The molecule has 88 valence electrons. The number of anilines is 2. The van der Waals surface area contributed by atoms with E-state index in [2.05, 4.69) is 10.3 Å². The first kappa shape index (κ1) is 10.7. The minimum Gasteiger partial charge on any atom is -0.388 e. The van der Waals surface area contributed by atoms with Gasteiger partial charge < -0.3 is 10.4 Å². The lowest BCUT2D eigenvalue weighted by atomic mass is 10.0. The number of aromatic nitrogens is 1. The molecule has 1 heterocycles. The number of rotatable bonds is 2. The molecule has 0 radical (unpaired) electrons. The number of hydrogen-bond acceptors (Lipinski definition) is 4. The summed E-state index contributed by atoms with van der Waals surface area (Å²) in [5, 5.41) is 14.0. The maximum Gasteiger partial charge on any atom is 0.187 e. The molecule has 0 amide bonds. The molecule has 1 aromatic heterocycles. The van der Waals surface area contributed by atoms with E-state index in [1.807, 2.05) is 30.3 Å². The molecule has 2 aromatic rings. The van der Waals surface area contributed by atoms with Gasteiger partial charge in [-0.2, -0.15) is 0 Å². The summed E-state index contributed by atoms with van der Waals surface area (Å²) >= 11 is 1.57. The zero-order valence-corrected chi connectivity index (χ0v) is 10.2. The Morgan fingerprint density at radius 1 is 1.29 bits per heavy atom. The standard InChI is InChI=1S/C13H14N2OS/c16-11-8-4-7-10-12(11)17-13(15-10)14-9-5-2-1-3-6-9/h1-3,5-6,11,16H,4,7-8H2,(H,14,15). The summed E-state index contributed by atoms with van der Waals surface area (Å²) in [5.41, 5.74) is 2.10. The van der Waals surface area contributed by atoms with E-state index >= 15 is 0 Å². The fraction of sp³-hybridized carbons (Fsp3) is 0.308. The van der Waals surface area contributed by atoms with Gasteiger partial charge in [-0.1, -0.05) is 29.5 Å². The molecule has 0 fully saturated rings. The van der Waals surface area contributed by atoms with Crippen LogP contribution >= 0.6 is 11.3 Å². The topological polar surface area (TPSA) is 45.2 Å². The smallest absolute Gasteiger partial charge is 0.187 e. The largest absolute Gasteiger partial charge is 0.388 e. The van der Waals surface area contributed by atoms with Crippen molar-refractivity contribution in [3.63, 3.8) is 0 Å². The molecule has 1 atom stereocenters. The third-order valence-corrected chi connectivity index (χ3v) is 4.06. The summed E-state index contributed by atoms with van der Waals surface area (Å²) in [6.45, 7) is 0. The van der Waals surface area contributed by atoms with E-state index in [0.29, 0.717) is 0 Å². The van der Waals surface area contributed by atoms with Crippen molar-refractivity contribution in [2.45, 2.75) is 25.4 Å². The lowest BCUT2D eigenvalue weighted by Gasteiger charge is -2.14. The van der Waals surface area contributed by atoms with E-state index in [-0.39, 0.29) is 6.10 Å². The Balaban J connectivity index is 1.85. The number of nitrogens with zero attached hydrogens (tertiary/aromatic N) is 1. The molecular formula is C13H14N2OS. The molecule has 1 aliphatic carbocycles. The van der Waals surface area contributed by atoms with Crippen LogP contribution in [0.25, 0.3) is 0 Å². The van der Waals surface area contributed by atoms with Gasteiger partial charge in [-0.25, -0.2) is 4.98 Å². The number of nitrogens with one attached hydrogen (secondary N) is 1. The van der Waals surface area contributed by atoms with Crippen LogP contribution in [0.3, 0.4) is 0 Å². The normalized spacial score (nSPS) is 18.8. The molecule has 0 saturated heterocycles. The Labute approximate surface area is 104 Å². The van der Waals surface area contributed by atoms with E-state index in [0.717, 1.165) is 40.7 Å². The van der Waals surface area contributed by atoms with Crippen molar-refractivity contribution < 1.29 is 5.11 Å². The number of hydrogen-bond donors (Lipinski definition) is 2. The molecule has 0 aliphatic heterocycles. The number of aliphatic hydroxyl groups is 1. The highest BCUT2D eigenvalue weighted by Gasteiger charge is 2.22. The highest BCUT2D eigenvalue weighted by atomic mass is 32.1. The number of para-hydroxylation sites is 1. The minimum atomic E-state index is -0.317. The van der Waals surface area contributed by atoms with Crippen molar-refractivity contribution in [3.8, 4) is 0 Å². The van der Waals surface area contributed by atoms with Gasteiger partial charge in [0, 0.05) is 5.69 Å². The summed E-state index contributed by atoms with van der Waals surface area (Å²) < 4.78 is 0. The van der Waals surface area contributed by atoms with Crippen LogP contribution in [-0.4, -0.2) is 10.1 Å². The summed E-state index contributed by atoms with van der Waals surface area (Å²) in [5.74, 6) is 0. The molecule has 4 heteroatoms. The van der Waals surface area contributed by atoms with E-state index < -0.39 is 0 Å². The third kappa shape index (κ3) is 2.18. The van der Waals surface area contributed by atoms with E-state index in [1.165, 1.54) is 0 Å². The van der Waals surface area contributed by atoms with Gasteiger partial charge in [0.2, 0.25) is 0 Å². The van der Waals surface area contributed by atoms with Gasteiger partial charge in [0.15, 0.2) is 5.13 Å². The monoisotopic (exact) mass is 246 g/mol. The summed E-state index contributed by atoms with van der Waals surface area (Å²) in [7, 11) is 0. The average Bonchev–Trinajstić information content (AvgIpc) is 2.74. The second-order valence-electron chi connectivity index (χ2n) is 4.23. The third-order valence-electron chi connectivity index (χ3n) is 2.95. The van der Waals surface area contributed by atoms with E-state index in [9.17, 15) is 5.11 Å². The van der Waals surface area contributed by atoms with Gasteiger partial charge in [0.25, 0.3) is 0 Å². The van der Waals surface area contributed by atoms with Crippen LogP contribution in [0.1, 0.15) is 29.5 Å². The fourth-order valence-electron chi connectivity index (χ4n) is 2.10. The second-order valence-corrected chi connectivity index (χ2v) is 5.26. The van der Waals surface area contributed by atoms with Crippen molar-refractivity contribution in [2.75, 3.05) is 5.32 Å². The van der Waals surface area contributed by atoms with Gasteiger partial charge in [0.05, 0.1) is 16.7 Å². The maximum absolute atomic E-state index is 9.88. The number of benzene rings is 1. The van der Waals surface area contributed by atoms with Gasteiger partial charge in [-0.3, -0.25) is 0 Å². The Bertz CT molecular complexity index is 509. The first-order chi connectivity index (χ1) is 8.33. The van der Waals surface area contributed by atoms with Crippen molar-refractivity contribution in [1.82, 2.24) is 4.98 Å². The highest BCUT2D eigenvalue weighted by Crippen LogP contribution is 2.36. The van der Waals surface area contributed by atoms with Crippen LogP contribution in [0.5, 0.6) is 0 Å². The molecule has 3 rings (SSSR count). The number of thiazole rings is 1. The molecule has 0 saturated carbocycles. The van der Waals surface area contributed by atoms with Crippen LogP contribution in [0.15, 0.2) is 30.3 Å². The van der Waals surface area contributed by atoms with Gasteiger partial charge >= 0.3 is 0 Å². The minimum absolute atomic E-state index is 0.317. The number of aliphatic hydroxyl groups excluding tert-OH is 1. The Kier molecular flexibility index (Phi) is 2.82. The predicted octanol–water partition coefficient (Wildman–Crippen LogP) is 3.26. The van der Waals surface area contributed by atoms with E-state index in [4.69, 9.17) is 0 Å². The van der Waals surface area contributed by atoms with Crippen LogP contribution in [0.2, 0.25) is 0 Å². The first-order valence-corrected chi connectivity index (χ1v) is 6.64. The lowest BCUT2D eigenvalue weighted by molar-refractivity contribution is 0.160.